The van der Waals surface area contributed by atoms with Gasteiger partial charge in [0.25, 0.3) is 0 Å². The molecule has 0 unspecified atom stereocenters. The first kappa shape index (κ1) is 12.4. The molecule has 0 bridgehead atoms. The zero-order valence-electron chi connectivity index (χ0n) is 10.3. The van der Waals surface area contributed by atoms with Gasteiger partial charge in [-0.25, -0.2) is 0 Å². The fourth-order valence-electron chi connectivity index (χ4n) is 1.94. The Kier molecular flexibility index (Phi) is 3.54. The van der Waals surface area contributed by atoms with Crippen molar-refractivity contribution >= 4 is 27.3 Å². The molecule has 0 spiro atoms. The molecule has 0 atom stereocenters. The Morgan fingerprint density at radius 1 is 1.56 bits per heavy atom. The summed E-state index contributed by atoms with van der Waals surface area (Å²) in [5.41, 5.74) is 2.59. The number of nitrogens with one attached hydrogen (secondary N) is 1. The second-order valence-electron chi connectivity index (χ2n) is 4.80. The Hall–Kier alpha value is -0.650. The Morgan fingerprint density at radius 2 is 2.39 bits per heavy atom. The SMILES string of the molecule is Cc1c(CNC2CC2)cnn1Cc1cc(Br)cs1. The van der Waals surface area contributed by atoms with Gasteiger partial charge in [0.05, 0.1) is 12.7 Å². The Morgan fingerprint density at radius 3 is 3.06 bits per heavy atom. The van der Waals surface area contributed by atoms with Crippen LogP contribution in [-0.4, -0.2) is 15.8 Å². The predicted molar refractivity (Wildman–Crippen MR) is 77.9 cm³/mol. The molecule has 0 radical (unpaired) electrons. The summed E-state index contributed by atoms with van der Waals surface area (Å²) >= 11 is 5.25. The fraction of sp³-hybridized carbons (Fsp3) is 0.462. The molecule has 5 heteroatoms. The first-order valence-corrected chi connectivity index (χ1v) is 7.87. The van der Waals surface area contributed by atoms with Crippen molar-refractivity contribution in [3.8, 4) is 0 Å². The highest BCUT2D eigenvalue weighted by Gasteiger charge is 2.20. The molecular formula is C13H16BrN3S. The third-order valence-electron chi connectivity index (χ3n) is 3.29. The van der Waals surface area contributed by atoms with Crippen molar-refractivity contribution in [1.29, 1.82) is 0 Å². The van der Waals surface area contributed by atoms with Crippen LogP contribution in [0.1, 0.15) is 29.0 Å². The molecule has 1 N–H and O–H groups in total. The van der Waals surface area contributed by atoms with Crippen LogP contribution in [0.5, 0.6) is 0 Å². The quantitative estimate of drug-likeness (QED) is 0.913. The van der Waals surface area contributed by atoms with E-state index < -0.39 is 0 Å². The molecule has 2 aromatic rings. The Labute approximate surface area is 119 Å². The molecule has 3 rings (SSSR count). The van der Waals surface area contributed by atoms with Gasteiger partial charge in [0.1, 0.15) is 0 Å². The van der Waals surface area contributed by atoms with Crippen LogP contribution >= 0.6 is 27.3 Å². The maximum absolute atomic E-state index is 4.49. The average Bonchev–Trinajstić information content (AvgIpc) is 3.01. The first-order chi connectivity index (χ1) is 8.72. The molecule has 0 amide bonds. The summed E-state index contributed by atoms with van der Waals surface area (Å²) in [6.07, 6.45) is 4.65. The molecule has 1 aliphatic rings. The van der Waals surface area contributed by atoms with E-state index >= 15 is 0 Å². The van der Waals surface area contributed by atoms with Gasteiger partial charge in [0.15, 0.2) is 0 Å². The second kappa shape index (κ2) is 5.15. The van der Waals surface area contributed by atoms with Gasteiger partial charge < -0.3 is 5.32 Å². The maximum atomic E-state index is 4.49. The van der Waals surface area contributed by atoms with Gasteiger partial charge in [-0.05, 0) is 41.8 Å². The highest BCUT2D eigenvalue weighted by Crippen LogP contribution is 2.22. The van der Waals surface area contributed by atoms with Crippen molar-refractivity contribution in [3.05, 3.63) is 38.3 Å². The van der Waals surface area contributed by atoms with Gasteiger partial charge in [0, 0.05) is 38.6 Å². The monoisotopic (exact) mass is 325 g/mol. The molecule has 18 heavy (non-hydrogen) atoms. The summed E-state index contributed by atoms with van der Waals surface area (Å²) in [6.45, 7) is 3.97. The van der Waals surface area contributed by atoms with E-state index in [9.17, 15) is 0 Å². The number of nitrogens with zero attached hydrogens (tertiary/aromatic N) is 2. The van der Waals surface area contributed by atoms with E-state index in [2.05, 4.69) is 49.4 Å². The van der Waals surface area contributed by atoms with Gasteiger partial charge in [0.2, 0.25) is 0 Å². The smallest absolute Gasteiger partial charge is 0.0755 e. The van der Waals surface area contributed by atoms with E-state index in [4.69, 9.17) is 0 Å². The van der Waals surface area contributed by atoms with Crippen LogP contribution in [0.4, 0.5) is 0 Å². The molecule has 1 aliphatic carbocycles. The van der Waals surface area contributed by atoms with Crippen LogP contribution in [0.2, 0.25) is 0 Å². The minimum atomic E-state index is 0.751. The van der Waals surface area contributed by atoms with E-state index in [1.54, 1.807) is 11.3 Å². The number of aromatic nitrogens is 2. The van der Waals surface area contributed by atoms with Gasteiger partial charge >= 0.3 is 0 Å². The normalized spacial score (nSPS) is 15.2. The molecule has 96 valence electrons. The Balaban J connectivity index is 1.68. The predicted octanol–water partition coefficient (Wildman–Crippen LogP) is 3.32. The summed E-state index contributed by atoms with van der Waals surface area (Å²) in [4.78, 5) is 1.33. The molecule has 1 fully saturated rings. The molecule has 0 aromatic carbocycles. The van der Waals surface area contributed by atoms with E-state index in [1.165, 1.54) is 29.0 Å². The zero-order chi connectivity index (χ0) is 12.5. The molecular weight excluding hydrogens is 310 g/mol. The lowest BCUT2D eigenvalue weighted by molar-refractivity contribution is 0.659. The number of halogens is 1. The van der Waals surface area contributed by atoms with Gasteiger partial charge in [-0.15, -0.1) is 11.3 Å². The van der Waals surface area contributed by atoms with Crippen LogP contribution in [0.25, 0.3) is 0 Å². The van der Waals surface area contributed by atoms with Gasteiger partial charge in [-0.2, -0.15) is 5.10 Å². The van der Waals surface area contributed by atoms with Crippen LogP contribution in [0, 0.1) is 6.92 Å². The molecule has 3 nitrogen and oxygen atoms in total. The van der Waals surface area contributed by atoms with E-state index in [1.807, 2.05) is 6.20 Å². The van der Waals surface area contributed by atoms with Crippen molar-refractivity contribution < 1.29 is 0 Å². The number of rotatable bonds is 5. The Bertz CT molecular complexity index is 542. The summed E-state index contributed by atoms with van der Waals surface area (Å²) in [7, 11) is 0. The summed E-state index contributed by atoms with van der Waals surface area (Å²) in [5.74, 6) is 0. The van der Waals surface area contributed by atoms with Gasteiger partial charge in [-0.3, -0.25) is 4.68 Å². The van der Waals surface area contributed by atoms with Crippen LogP contribution in [0.15, 0.2) is 22.1 Å². The average molecular weight is 326 g/mol. The standard InChI is InChI=1S/C13H16BrN3S/c1-9-10(5-15-12-2-3-12)6-16-17(9)7-13-4-11(14)8-18-13/h4,6,8,12,15H,2-3,5,7H2,1H3. The minimum absolute atomic E-state index is 0.751. The molecule has 1 saturated carbocycles. The lowest BCUT2D eigenvalue weighted by Crippen LogP contribution is -2.15. The largest absolute Gasteiger partial charge is 0.310 e. The second-order valence-corrected chi connectivity index (χ2v) is 6.71. The zero-order valence-corrected chi connectivity index (χ0v) is 12.7. The van der Waals surface area contributed by atoms with E-state index in [0.717, 1.165) is 23.6 Å². The third-order valence-corrected chi connectivity index (χ3v) is 4.97. The minimum Gasteiger partial charge on any atom is -0.310 e. The van der Waals surface area contributed by atoms with E-state index in [-0.39, 0.29) is 0 Å². The van der Waals surface area contributed by atoms with Crippen LogP contribution in [-0.2, 0) is 13.1 Å². The number of hydrogen-bond acceptors (Lipinski definition) is 3. The van der Waals surface area contributed by atoms with Crippen molar-refractivity contribution in [1.82, 2.24) is 15.1 Å². The molecule has 0 saturated heterocycles. The molecule has 2 heterocycles. The van der Waals surface area contributed by atoms with Crippen molar-refractivity contribution in [2.75, 3.05) is 0 Å². The molecule has 0 aliphatic heterocycles. The highest BCUT2D eigenvalue weighted by atomic mass is 79.9. The third kappa shape index (κ3) is 2.84. The summed E-state index contributed by atoms with van der Waals surface area (Å²) in [6, 6.07) is 2.91. The van der Waals surface area contributed by atoms with Crippen molar-refractivity contribution in [3.63, 3.8) is 0 Å². The van der Waals surface area contributed by atoms with Crippen LogP contribution in [0.3, 0.4) is 0 Å². The van der Waals surface area contributed by atoms with Crippen molar-refractivity contribution in [2.24, 2.45) is 0 Å². The first-order valence-electron chi connectivity index (χ1n) is 6.20. The summed E-state index contributed by atoms with van der Waals surface area (Å²) < 4.78 is 3.24. The lowest BCUT2D eigenvalue weighted by Gasteiger charge is -2.05. The number of thiophene rings is 1. The van der Waals surface area contributed by atoms with Crippen LogP contribution < -0.4 is 5.32 Å². The lowest BCUT2D eigenvalue weighted by atomic mass is 10.2. The highest BCUT2D eigenvalue weighted by molar-refractivity contribution is 9.10. The fourth-order valence-corrected chi connectivity index (χ4v) is 3.38. The maximum Gasteiger partial charge on any atom is 0.0755 e. The topological polar surface area (TPSA) is 29.9 Å². The number of hydrogen-bond donors (Lipinski definition) is 1. The van der Waals surface area contributed by atoms with Gasteiger partial charge in [-0.1, -0.05) is 0 Å². The molecule has 2 aromatic heterocycles. The van der Waals surface area contributed by atoms with E-state index in [0.29, 0.717) is 0 Å². The van der Waals surface area contributed by atoms with Crippen molar-refractivity contribution in [2.45, 2.75) is 38.9 Å². The summed E-state index contributed by atoms with van der Waals surface area (Å²) in [5, 5.41) is 10.1.